The zero-order valence-corrected chi connectivity index (χ0v) is 8.18. The molecule has 0 aliphatic heterocycles. The molecule has 0 atom stereocenters. The highest BCUT2D eigenvalue weighted by molar-refractivity contribution is 7.79. The van der Waals surface area contributed by atoms with Gasteiger partial charge in [-0.3, -0.25) is 0 Å². The molecule has 0 spiro atoms. The van der Waals surface area contributed by atoms with Crippen molar-refractivity contribution in [3.63, 3.8) is 0 Å². The summed E-state index contributed by atoms with van der Waals surface area (Å²) in [6.07, 6.45) is 0. The minimum Gasteiger partial charge on any atom is -0.464 e. The molecule has 13 heavy (non-hydrogen) atoms. The van der Waals surface area contributed by atoms with Gasteiger partial charge in [0, 0.05) is 12.9 Å². The van der Waals surface area contributed by atoms with Crippen LogP contribution in [-0.4, -0.2) is 13.9 Å². The predicted octanol–water partition coefficient (Wildman–Crippen LogP) is 2.24. The Kier molecular flexibility index (Phi) is 4.05. The smallest absolute Gasteiger partial charge is 0.188 e. The van der Waals surface area contributed by atoms with Crippen LogP contribution in [0.4, 0.5) is 4.39 Å². The fourth-order valence-electron chi connectivity index (χ4n) is 0.879. The summed E-state index contributed by atoms with van der Waals surface area (Å²) in [5.41, 5.74) is 0.913. The van der Waals surface area contributed by atoms with Gasteiger partial charge in [0.15, 0.2) is 18.4 Å². The van der Waals surface area contributed by atoms with E-state index < -0.39 is 0 Å². The second-order valence-electron chi connectivity index (χ2n) is 2.47. The zero-order chi connectivity index (χ0) is 9.68. The van der Waals surface area contributed by atoms with Gasteiger partial charge in [0.25, 0.3) is 0 Å². The molecule has 1 rings (SSSR count). The molecule has 0 fully saturated rings. The molecule has 0 bridgehead atoms. The molecule has 0 aliphatic rings. The number of hydrogen-bond acceptors (Lipinski definition) is 3. The zero-order valence-electron chi connectivity index (χ0n) is 7.29. The second-order valence-corrected chi connectivity index (χ2v) is 2.79. The van der Waals surface area contributed by atoms with Crippen LogP contribution in [0.2, 0.25) is 0 Å². The van der Waals surface area contributed by atoms with Gasteiger partial charge in [-0.05, 0) is 17.7 Å². The van der Waals surface area contributed by atoms with Gasteiger partial charge >= 0.3 is 0 Å². The Bertz CT molecular complexity index is 278. The summed E-state index contributed by atoms with van der Waals surface area (Å²) in [6.45, 7) is 0.0486. The van der Waals surface area contributed by atoms with Gasteiger partial charge in [0.2, 0.25) is 0 Å². The molecule has 0 amide bonds. The van der Waals surface area contributed by atoms with E-state index >= 15 is 0 Å². The SMILES string of the molecule is COCOc1cc(CS)ccc1F. The Morgan fingerprint density at radius 1 is 1.46 bits per heavy atom. The van der Waals surface area contributed by atoms with E-state index in [0.717, 1.165) is 5.56 Å². The van der Waals surface area contributed by atoms with Gasteiger partial charge in [-0.2, -0.15) is 12.6 Å². The minimum atomic E-state index is -0.386. The van der Waals surface area contributed by atoms with E-state index in [4.69, 9.17) is 4.74 Å². The van der Waals surface area contributed by atoms with Gasteiger partial charge < -0.3 is 9.47 Å². The summed E-state index contributed by atoms with van der Waals surface area (Å²) >= 11 is 4.07. The van der Waals surface area contributed by atoms with Crippen molar-refractivity contribution in [2.24, 2.45) is 0 Å². The van der Waals surface area contributed by atoms with Crippen LogP contribution in [-0.2, 0) is 10.5 Å². The molecule has 0 saturated heterocycles. The van der Waals surface area contributed by atoms with Crippen molar-refractivity contribution in [1.82, 2.24) is 0 Å². The molecule has 72 valence electrons. The van der Waals surface area contributed by atoms with Crippen LogP contribution in [0.15, 0.2) is 18.2 Å². The first-order valence-corrected chi connectivity index (χ1v) is 4.42. The first kappa shape index (κ1) is 10.3. The van der Waals surface area contributed by atoms with Crippen molar-refractivity contribution < 1.29 is 13.9 Å². The Labute approximate surface area is 82.1 Å². The van der Waals surface area contributed by atoms with Crippen molar-refractivity contribution >= 4 is 12.6 Å². The summed E-state index contributed by atoms with van der Waals surface area (Å²) in [5.74, 6) is 0.375. The Balaban J connectivity index is 2.78. The van der Waals surface area contributed by atoms with Crippen molar-refractivity contribution in [2.75, 3.05) is 13.9 Å². The monoisotopic (exact) mass is 202 g/mol. The van der Waals surface area contributed by atoms with E-state index in [1.54, 1.807) is 12.1 Å². The van der Waals surface area contributed by atoms with Crippen LogP contribution in [0.3, 0.4) is 0 Å². The third kappa shape index (κ3) is 2.90. The minimum absolute atomic E-state index is 0.0486. The molecule has 0 unspecified atom stereocenters. The molecule has 1 aromatic carbocycles. The first-order chi connectivity index (χ1) is 6.27. The summed E-state index contributed by atoms with van der Waals surface area (Å²) in [6, 6.07) is 4.64. The topological polar surface area (TPSA) is 18.5 Å². The van der Waals surface area contributed by atoms with Crippen LogP contribution < -0.4 is 4.74 Å². The van der Waals surface area contributed by atoms with Crippen LogP contribution in [0, 0.1) is 5.82 Å². The van der Waals surface area contributed by atoms with Crippen LogP contribution in [0.1, 0.15) is 5.56 Å². The van der Waals surface area contributed by atoms with E-state index in [1.807, 2.05) is 0 Å². The molecular weight excluding hydrogens is 191 g/mol. The third-order valence-corrected chi connectivity index (χ3v) is 1.88. The highest BCUT2D eigenvalue weighted by Gasteiger charge is 2.03. The van der Waals surface area contributed by atoms with Gasteiger partial charge in [-0.1, -0.05) is 6.07 Å². The highest BCUT2D eigenvalue weighted by atomic mass is 32.1. The quantitative estimate of drug-likeness (QED) is 0.596. The lowest BCUT2D eigenvalue weighted by atomic mass is 10.2. The fraction of sp³-hybridized carbons (Fsp3) is 0.333. The van der Waals surface area contributed by atoms with Gasteiger partial charge in [0.1, 0.15) is 0 Å². The number of methoxy groups -OCH3 is 1. The Morgan fingerprint density at radius 3 is 2.85 bits per heavy atom. The molecule has 2 nitrogen and oxygen atoms in total. The van der Waals surface area contributed by atoms with Crippen molar-refractivity contribution in [3.05, 3.63) is 29.6 Å². The number of hydrogen-bond donors (Lipinski definition) is 1. The maximum atomic E-state index is 13.0. The number of rotatable bonds is 4. The molecule has 0 heterocycles. The molecule has 0 aliphatic carbocycles. The van der Waals surface area contributed by atoms with Gasteiger partial charge in [0.05, 0.1) is 0 Å². The summed E-state index contributed by atoms with van der Waals surface area (Å²) < 4.78 is 22.7. The first-order valence-electron chi connectivity index (χ1n) is 3.79. The van der Waals surface area contributed by atoms with Crippen molar-refractivity contribution in [3.8, 4) is 5.75 Å². The normalized spacial score (nSPS) is 10.1. The lowest BCUT2D eigenvalue weighted by molar-refractivity contribution is 0.0482. The largest absolute Gasteiger partial charge is 0.464 e. The summed E-state index contributed by atoms with van der Waals surface area (Å²) in [5, 5.41) is 0. The molecule has 0 radical (unpaired) electrons. The molecule has 1 aromatic rings. The fourth-order valence-corrected chi connectivity index (χ4v) is 1.08. The molecule has 4 heteroatoms. The van der Waals surface area contributed by atoms with E-state index in [1.165, 1.54) is 13.2 Å². The number of ether oxygens (including phenoxy) is 2. The van der Waals surface area contributed by atoms with Gasteiger partial charge in [-0.15, -0.1) is 0 Å². The summed E-state index contributed by atoms with van der Waals surface area (Å²) in [7, 11) is 1.49. The second kappa shape index (κ2) is 5.09. The standard InChI is InChI=1S/C9H11FO2S/c1-11-6-12-9-4-7(5-13)2-3-8(9)10/h2-4,13H,5-6H2,1H3. The number of benzene rings is 1. The van der Waals surface area contributed by atoms with E-state index in [9.17, 15) is 4.39 Å². The van der Waals surface area contributed by atoms with Gasteiger partial charge in [-0.25, -0.2) is 4.39 Å². The lowest BCUT2D eigenvalue weighted by Gasteiger charge is -2.06. The van der Waals surface area contributed by atoms with Crippen molar-refractivity contribution in [2.45, 2.75) is 5.75 Å². The lowest BCUT2D eigenvalue weighted by Crippen LogP contribution is -2.01. The Morgan fingerprint density at radius 2 is 2.23 bits per heavy atom. The average Bonchev–Trinajstić information content (AvgIpc) is 2.17. The van der Waals surface area contributed by atoms with Crippen molar-refractivity contribution in [1.29, 1.82) is 0 Å². The van der Waals surface area contributed by atoms with E-state index in [0.29, 0.717) is 5.75 Å². The molecule has 0 aromatic heterocycles. The number of thiol groups is 1. The predicted molar refractivity (Wildman–Crippen MR) is 51.6 cm³/mol. The average molecular weight is 202 g/mol. The molecular formula is C9H11FO2S. The maximum absolute atomic E-state index is 13.0. The summed E-state index contributed by atoms with van der Waals surface area (Å²) in [4.78, 5) is 0. The third-order valence-electron chi connectivity index (χ3n) is 1.51. The Hall–Kier alpha value is -0.740. The molecule has 0 N–H and O–H groups in total. The van der Waals surface area contributed by atoms with Crippen LogP contribution in [0.25, 0.3) is 0 Å². The maximum Gasteiger partial charge on any atom is 0.188 e. The van der Waals surface area contributed by atoms with E-state index in [-0.39, 0.29) is 18.4 Å². The van der Waals surface area contributed by atoms with E-state index in [2.05, 4.69) is 17.4 Å². The number of halogens is 1. The highest BCUT2D eigenvalue weighted by Crippen LogP contribution is 2.19. The van der Waals surface area contributed by atoms with Crippen LogP contribution >= 0.6 is 12.6 Å². The molecule has 0 saturated carbocycles. The van der Waals surface area contributed by atoms with Crippen LogP contribution in [0.5, 0.6) is 5.75 Å².